The number of benzene rings is 1. The van der Waals surface area contributed by atoms with Crippen LogP contribution in [-0.4, -0.2) is 12.0 Å². The first kappa shape index (κ1) is 15.5. The molecule has 1 aromatic heterocycles. The van der Waals surface area contributed by atoms with Gasteiger partial charge in [0, 0.05) is 18.3 Å². The lowest BCUT2D eigenvalue weighted by Crippen LogP contribution is -2.06. The number of hydrogen-bond acceptors (Lipinski definition) is 3. The number of nitrogens with one attached hydrogen (secondary N) is 1. The third-order valence-corrected chi connectivity index (χ3v) is 3.41. The van der Waals surface area contributed by atoms with Gasteiger partial charge in [-0.05, 0) is 42.6 Å². The molecule has 0 amide bonds. The minimum atomic E-state index is 0.423. The number of rotatable bonds is 6. The van der Waals surface area contributed by atoms with Crippen LogP contribution in [0, 0.1) is 0 Å². The topological polar surface area (TPSA) is 34.1 Å². The van der Waals surface area contributed by atoms with Crippen molar-refractivity contribution in [2.45, 2.75) is 39.7 Å². The van der Waals surface area contributed by atoms with Crippen LogP contribution in [0.1, 0.15) is 43.5 Å². The lowest BCUT2D eigenvalue weighted by Gasteiger charge is -2.14. The van der Waals surface area contributed by atoms with Gasteiger partial charge < -0.3 is 10.1 Å². The molecule has 0 saturated carbocycles. The van der Waals surface area contributed by atoms with Gasteiger partial charge in [-0.15, -0.1) is 0 Å². The Labute approximate surface area is 127 Å². The summed E-state index contributed by atoms with van der Waals surface area (Å²) in [5.74, 6) is 1.99. The van der Waals surface area contributed by atoms with Gasteiger partial charge in [0.25, 0.3) is 0 Å². The molecule has 0 radical (unpaired) electrons. The Hall–Kier alpha value is -1.87. The molecule has 2 rings (SSSR count). The summed E-state index contributed by atoms with van der Waals surface area (Å²) in [6.45, 7) is 7.27. The summed E-state index contributed by atoms with van der Waals surface area (Å²) in [7, 11) is 1.95. The van der Waals surface area contributed by atoms with Crippen molar-refractivity contribution in [3.8, 4) is 11.6 Å². The van der Waals surface area contributed by atoms with Crippen molar-refractivity contribution in [3.05, 3.63) is 53.2 Å². The second kappa shape index (κ2) is 7.23. The van der Waals surface area contributed by atoms with E-state index >= 15 is 0 Å². The largest absolute Gasteiger partial charge is 0.439 e. The van der Waals surface area contributed by atoms with E-state index in [9.17, 15) is 0 Å². The Bertz CT molecular complexity index is 594. The summed E-state index contributed by atoms with van der Waals surface area (Å²) < 4.78 is 6.06. The first-order chi connectivity index (χ1) is 10.1. The predicted molar refractivity (Wildman–Crippen MR) is 87.0 cm³/mol. The smallest absolute Gasteiger partial charge is 0.219 e. The second-order valence-corrected chi connectivity index (χ2v) is 5.48. The fourth-order valence-corrected chi connectivity index (χ4v) is 2.32. The van der Waals surface area contributed by atoms with Gasteiger partial charge in [0.15, 0.2) is 0 Å². The number of nitrogens with zero attached hydrogens (tertiary/aromatic N) is 1. The molecule has 1 aromatic carbocycles. The van der Waals surface area contributed by atoms with E-state index in [4.69, 9.17) is 4.74 Å². The van der Waals surface area contributed by atoms with Crippen molar-refractivity contribution >= 4 is 0 Å². The molecule has 0 aliphatic rings. The van der Waals surface area contributed by atoms with E-state index in [1.165, 1.54) is 11.1 Å². The lowest BCUT2D eigenvalue weighted by atomic mass is 10.0. The number of pyridine rings is 1. The SMILES string of the molecule is CCc1cc(CNC)cc(Oc2ccccc2C(C)C)n1. The van der Waals surface area contributed by atoms with Gasteiger partial charge in [0.05, 0.1) is 0 Å². The quantitative estimate of drug-likeness (QED) is 0.859. The molecular formula is C18H24N2O. The normalized spacial score (nSPS) is 10.9. The van der Waals surface area contributed by atoms with Crippen molar-refractivity contribution in [2.75, 3.05) is 7.05 Å². The fraction of sp³-hybridized carbons (Fsp3) is 0.389. The zero-order valence-corrected chi connectivity index (χ0v) is 13.3. The summed E-state index contributed by atoms with van der Waals surface area (Å²) in [6, 6.07) is 12.3. The van der Waals surface area contributed by atoms with E-state index in [2.05, 4.69) is 43.2 Å². The second-order valence-electron chi connectivity index (χ2n) is 5.48. The molecule has 0 unspecified atom stereocenters. The molecule has 0 aliphatic carbocycles. The highest BCUT2D eigenvalue weighted by Crippen LogP contribution is 2.30. The van der Waals surface area contributed by atoms with Crippen molar-refractivity contribution in [3.63, 3.8) is 0 Å². The molecule has 112 valence electrons. The van der Waals surface area contributed by atoms with E-state index in [-0.39, 0.29) is 0 Å². The lowest BCUT2D eigenvalue weighted by molar-refractivity contribution is 0.451. The molecule has 3 nitrogen and oxygen atoms in total. The van der Waals surface area contributed by atoms with Crippen LogP contribution in [0.5, 0.6) is 11.6 Å². The van der Waals surface area contributed by atoms with Crippen LogP contribution in [0.25, 0.3) is 0 Å². The maximum Gasteiger partial charge on any atom is 0.219 e. The van der Waals surface area contributed by atoms with Crippen LogP contribution < -0.4 is 10.1 Å². The monoisotopic (exact) mass is 284 g/mol. The van der Waals surface area contributed by atoms with Crippen LogP contribution in [0.15, 0.2) is 36.4 Å². The van der Waals surface area contributed by atoms with Crippen molar-refractivity contribution in [2.24, 2.45) is 0 Å². The predicted octanol–water partition coefficient (Wildman–Crippen LogP) is 4.28. The van der Waals surface area contributed by atoms with Crippen molar-refractivity contribution < 1.29 is 4.74 Å². The van der Waals surface area contributed by atoms with Crippen LogP contribution in [0.3, 0.4) is 0 Å². The van der Waals surface area contributed by atoms with Crippen LogP contribution in [0.2, 0.25) is 0 Å². The molecular weight excluding hydrogens is 260 g/mol. The molecule has 1 N–H and O–H groups in total. The summed E-state index contributed by atoms with van der Waals surface area (Å²) in [5, 5.41) is 3.17. The van der Waals surface area contributed by atoms with Gasteiger partial charge in [-0.2, -0.15) is 0 Å². The maximum atomic E-state index is 6.06. The van der Waals surface area contributed by atoms with Gasteiger partial charge in [-0.3, -0.25) is 0 Å². The van der Waals surface area contributed by atoms with Crippen LogP contribution >= 0.6 is 0 Å². The van der Waals surface area contributed by atoms with Crippen LogP contribution in [0.4, 0.5) is 0 Å². The average molecular weight is 284 g/mol. The first-order valence-electron chi connectivity index (χ1n) is 7.55. The Balaban J connectivity index is 2.32. The molecule has 0 atom stereocenters. The van der Waals surface area contributed by atoms with Gasteiger partial charge in [0.2, 0.25) is 5.88 Å². The molecule has 1 heterocycles. The number of aromatic nitrogens is 1. The Kier molecular flexibility index (Phi) is 5.34. The van der Waals surface area contributed by atoms with E-state index < -0.39 is 0 Å². The van der Waals surface area contributed by atoms with Gasteiger partial charge in [-0.25, -0.2) is 4.98 Å². The third-order valence-electron chi connectivity index (χ3n) is 3.41. The van der Waals surface area contributed by atoms with Crippen LogP contribution in [-0.2, 0) is 13.0 Å². The molecule has 0 saturated heterocycles. The maximum absolute atomic E-state index is 6.06. The zero-order chi connectivity index (χ0) is 15.2. The summed E-state index contributed by atoms with van der Waals surface area (Å²) in [5.41, 5.74) is 3.46. The number of hydrogen-bond donors (Lipinski definition) is 1. The van der Waals surface area contributed by atoms with E-state index in [1.807, 2.05) is 31.3 Å². The van der Waals surface area contributed by atoms with Gasteiger partial charge in [-0.1, -0.05) is 39.0 Å². The molecule has 0 bridgehead atoms. The van der Waals surface area contributed by atoms with Crippen molar-refractivity contribution in [1.82, 2.24) is 10.3 Å². The highest BCUT2D eigenvalue weighted by atomic mass is 16.5. The Morgan fingerprint density at radius 2 is 1.95 bits per heavy atom. The van der Waals surface area contributed by atoms with E-state index in [0.29, 0.717) is 11.8 Å². The molecule has 0 fully saturated rings. The first-order valence-corrected chi connectivity index (χ1v) is 7.55. The highest BCUT2D eigenvalue weighted by Gasteiger charge is 2.10. The minimum absolute atomic E-state index is 0.423. The van der Waals surface area contributed by atoms with E-state index in [1.54, 1.807) is 0 Å². The van der Waals surface area contributed by atoms with Gasteiger partial charge >= 0.3 is 0 Å². The van der Waals surface area contributed by atoms with Gasteiger partial charge in [0.1, 0.15) is 5.75 Å². The molecule has 21 heavy (non-hydrogen) atoms. The standard InChI is InChI=1S/C18H24N2O/c1-5-15-10-14(12-19-4)11-18(20-15)21-17-9-7-6-8-16(17)13(2)3/h6-11,13,19H,5,12H2,1-4H3. The Morgan fingerprint density at radius 1 is 1.19 bits per heavy atom. The molecule has 0 aliphatic heterocycles. The molecule has 3 heteroatoms. The average Bonchev–Trinajstić information content (AvgIpc) is 2.47. The molecule has 0 spiro atoms. The fourth-order valence-electron chi connectivity index (χ4n) is 2.32. The zero-order valence-electron chi connectivity index (χ0n) is 13.3. The Morgan fingerprint density at radius 3 is 2.62 bits per heavy atom. The van der Waals surface area contributed by atoms with Crippen molar-refractivity contribution in [1.29, 1.82) is 0 Å². The van der Waals surface area contributed by atoms with E-state index in [0.717, 1.165) is 24.4 Å². The number of aryl methyl sites for hydroxylation is 1. The minimum Gasteiger partial charge on any atom is -0.439 e. The number of ether oxygens (including phenoxy) is 1. The summed E-state index contributed by atoms with van der Waals surface area (Å²) >= 11 is 0. The highest BCUT2D eigenvalue weighted by molar-refractivity contribution is 5.39. The summed E-state index contributed by atoms with van der Waals surface area (Å²) in [6.07, 6.45) is 0.903. The molecule has 2 aromatic rings. The number of para-hydroxylation sites is 1. The summed E-state index contributed by atoms with van der Waals surface area (Å²) in [4.78, 5) is 4.58. The third kappa shape index (κ3) is 4.05.